The van der Waals surface area contributed by atoms with E-state index in [1.54, 1.807) is 0 Å². The third-order valence-electron chi connectivity index (χ3n) is 4.27. The van der Waals surface area contributed by atoms with Crippen molar-refractivity contribution in [3.63, 3.8) is 0 Å². The maximum Gasteiger partial charge on any atom is 0.0476 e. The third kappa shape index (κ3) is 3.16. The van der Waals surface area contributed by atoms with Gasteiger partial charge in [0.25, 0.3) is 0 Å². The predicted octanol–water partition coefficient (Wildman–Crippen LogP) is 1.86. The summed E-state index contributed by atoms with van der Waals surface area (Å²) in [7, 11) is 2.19. The first kappa shape index (κ1) is 14.5. The van der Waals surface area contributed by atoms with Gasteiger partial charge in [0.2, 0.25) is 0 Å². The average Bonchev–Trinajstić information content (AvgIpc) is 2.35. The van der Waals surface area contributed by atoms with E-state index in [9.17, 15) is 0 Å². The van der Waals surface area contributed by atoms with E-state index in [4.69, 9.17) is 5.73 Å². The Labute approximate surface area is 117 Å². The van der Waals surface area contributed by atoms with Crippen molar-refractivity contribution in [1.82, 2.24) is 9.80 Å². The van der Waals surface area contributed by atoms with Crippen LogP contribution in [0.4, 0.5) is 0 Å². The van der Waals surface area contributed by atoms with Crippen LogP contribution in [0.5, 0.6) is 0 Å². The van der Waals surface area contributed by atoms with Crippen molar-refractivity contribution in [2.45, 2.75) is 26.8 Å². The first-order chi connectivity index (χ1) is 9.02. The van der Waals surface area contributed by atoms with E-state index < -0.39 is 0 Å². The molecule has 0 bridgehead atoms. The second-order valence-corrected chi connectivity index (χ2v) is 5.90. The number of rotatable bonds is 3. The molecular formula is C16H27N3. The molecule has 1 unspecified atom stereocenters. The highest BCUT2D eigenvalue weighted by molar-refractivity contribution is 5.40. The van der Waals surface area contributed by atoms with Crippen LogP contribution in [0, 0.1) is 20.8 Å². The zero-order valence-corrected chi connectivity index (χ0v) is 12.7. The van der Waals surface area contributed by atoms with E-state index in [1.807, 2.05) is 0 Å². The number of hydrogen-bond acceptors (Lipinski definition) is 3. The van der Waals surface area contributed by atoms with E-state index in [2.05, 4.69) is 49.8 Å². The lowest BCUT2D eigenvalue weighted by Crippen LogP contribution is -2.47. The summed E-state index contributed by atoms with van der Waals surface area (Å²) in [5.41, 5.74) is 11.6. The zero-order chi connectivity index (χ0) is 14.0. The van der Waals surface area contributed by atoms with Crippen LogP contribution in [0.1, 0.15) is 28.3 Å². The molecule has 0 aliphatic carbocycles. The van der Waals surface area contributed by atoms with Gasteiger partial charge in [0, 0.05) is 38.8 Å². The molecule has 1 saturated heterocycles. The molecule has 1 heterocycles. The number of nitrogens with two attached hydrogens (primary N) is 1. The highest BCUT2D eigenvalue weighted by Gasteiger charge is 2.25. The summed E-state index contributed by atoms with van der Waals surface area (Å²) in [5.74, 6) is 0. The molecule has 1 aromatic rings. The molecular weight excluding hydrogens is 234 g/mol. The normalized spacial score (nSPS) is 19.6. The first-order valence-electron chi connectivity index (χ1n) is 7.23. The standard InChI is InChI=1S/C16H27N3/c1-12-9-13(2)16(14(3)10-12)15(11-17)19-7-5-18(4)6-8-19/h9-10,15H,5-8,11,17H2,1-4H3. The van der Waals surface area contributed by atoms with Gasteiger partial charge in [-0.3, -0.25) is 4.90 Å². The van der Waals surface area contributed by atoms with Gasteiger partial charge in [-0.2, -0.15) is 0 Å². The lowest BCUT2D eigenvalue weighted by molar-refractivity contribution is 0.114. The molecule has 1 aromatic carbocycles. The van der Waals surface area contributed by atoms with E-state index in [0.29, 0.717) is 12.6 Å². The van der Waals surface area contributed by atoms with Crippen LogP contribution >= 0.6 is 0 Å². The summed E-state index contributed by atoms with van der Waals surface area (Å²) >= 11 is 0. The highest BCUT2D eigenvalue weighted by Crippen LogP contribution is 2.28. The quantitative estimate of drug-likeness (QED) is 0.901. The Morgan fingerprint density at radius 3 is 2.05 bits per heavy atom. The first-order valence-corrected chi connectivity index (χ1v) is 7.23. The Morgan fingerprint density at radius 1 is 1.05 bits per heavy atom. The van der Waals surface area contributed by atoms with E-state index >= 15 is 0 Å². The molecule has 3 nitrogen and oxygen atoms in total. The molecule has 0 saturated carbocycles. The van der Waals surface area contributed by atoms with Crippen molar-refractivity contribution in [3.8, 4) is 0 Å². The summed E-state index contributed by atoms with van der Waals surface area (Å²) in [4.78, 5) is 4.93. The fourth-order valence-corrected chi connectivity index (χ4v) is 3.30. The van der Waals surface area contributed by atoms with Crippen LogP contribution in [0.2, 0.25) is 0 Å². The van der Waals surface area contributed by atoms with Crippen molar-refractivity contribution in [2.24, 2.45) is 5.73 Å². The van der Waals surface area contributed by atoms with Gasteiger partial charge in [-0.15, -0.1) is 0 Å². The van der Waals surface area contributed by atoms with Gasteiger partial charge < -0.3 is 10.6 Å². The predicted molar refractivity (Wildman–Crippen MR) is 81.5 cm³/mol. The molecule has 2 N–H and O–H groups in total. The average molecular weight is 261 g/mol. The minimum atomic E-state index is 0.370. The minimum Gasteiger partial charge on any atom is -0.329 e. The lowest BCUT2D eigenvalue weighted by Gasteiger charge is -2.38. The number of hydrogen-bond donors (Lipinski definition) is 1. The van der Waals surface area contributed by atoms with Crippen molar-refractivity contribution < 1.29 is 0 Å². The molecule has 106 valence electrons. The van der Waals surface area contributed by atoms with Crippen molar-refractivity contribution >= 4 is 0 Å². The van der Waals surface area contributed by atoms with Crippen LogP contribution < -0.4 is 5.73 Å². The Morgan fingerprint density at radius 2 is 1.58 bits per heavy atom. The molecule has 0 radical (unpaired) electrons. The summed E-state index contributed by atoms with van der Waals surface area (Å²) in [6, 6.07) is 4.93. The fraction of sp³-hybridized carbons (Fsp3) is 0.625. The number of likely N-dealkylation sites (N-methyl/N-ethyl adjacent to an activating group) is 1. The molecule has 1 aliphatic heterocycles. The minimum absolute atomic E-state index is 0.370. The molecule has 2 rings (SSSR count). The maximum atomic E-state index is 6.09. The monoisotopic (exact) mass is 261 g/mol. The number of nitrogens with zero attached hydrogens (tertiary/aromatic N) is 2. The molecule has 19 heavy (non-hydrogen) atoms. The Hall–Kier alpha value is -0.900. The van der Waals surface area contributed by atoms with Gasteiger partial charge in [0.05, 0.1) is 0 Å². The molecule has 0 amide bonds. The lowest BCUT2D eigenvalue weighted by atomic mass is 9.92. The number of piperazine rings is 1. The van der Waals surface area contributed by atoms with Crippen LogP contribution in [-0.2, 0) is 0 Å². The molecule has 1 aliphatic rings. The summed E-state index contributed by atoms with van der Waals surface area (Å²) in [6.45, 7) is 11.8. The van der Waals surface area contributed by atoms with Gasteiger partial charge in [0.1, 0.15) is 0 Å². The largest absolute Gasteiger partial charge is 0.329 e. The smallest absolute Gasteiger partial charge is 0.0476 e. The van der Waals surface area contributed by atoms with Gasteiger partial charge in [-0.25, -0.2) is 0 Å². The van der Waals surface area contributed by atoms with Gasteiger partial charge in [-0.05, 0) is 44.5 Å². The topological polar surface area (TPSA) is 32.5 Å². The highest BCUT2D eigenvalue weighted by atomic mass is 15.3. The van der Waals surface area contributed by atoms with E-state index in [-0.39, 0.29) is 0 Å². The van der Waals surface area contributed by atoms with Gasteiger partial charge >= 0.3 is 0 Å². The molecule has 1 fully saturated rings. The summed E-state index contributed by atoms with van der Waals surface area (Å²) < 4.78 is 0. The third-order valence-corrected chi connectivity index (χ3v) is 4.27. The maximum absolute atomic E-state index is 6.09. The second kappa shape index (κ2) is 6.04. The van der Waals surface area contributed by atoms with Crippen LogP contribution in [-0.4, -0.2) is 49.6 Å². The van der Waals surface area contributed by atoms with Crippen molar-refractivity contribution in [1.29, 1.82) is 0 Å². The summed E-state index contributed by atoms with van der Waals surface area (Å²) in [5, 5.41) is 0. The Balaban J connectivity index is 2.27. The van der Waals surface area contributed by atoms with Crippen molar-refractivity contribution in [3.05, 3.63) is 34.4 Å². The number of benzene rings is 1. The fourth-order valence-electron chi connectivity index (χ4n) is 3.30. The number of aryl methyl sites for hydroxylation is 3. The summed E-state index contributed by atoms with van der Waals surface area (Å²) in [6.07, 6.45) is 0. The molecule has 0 spiro atoms. The SMILES string of the molecule is Cc1cc(C)c(C(CN)N2CCN(C)CC2)c(C)c1. The van der Waals surface area contributed by atoms with E-state index in [1.165, 1.54) is 22.3 Å². The van der Waals surface area contributed by atoms with Crippen LogP contribution in [0.3, 0.4) is 0 Å². The van der Waals surface area contributed by atoms with Gasteiger partial charge in [0.15, 0.2) is 0 Å². The van der Waals surface area contributed by atoms with Gasteiger partial charge in [-0.1, -0.05) is 17.7 Å². The van der Waals surface area contributed by atoms with E-state index in [0.717, 1.165) is 26.2 Å². The van der Waals surface area contributed by atoms with Crippen molar-refractivity contribution in [2.75, 3.05) is 39.8 Å². The molecule has 1 atom stereocenters. The Bertz CT molecular complexity index is 411. The van der Waals surface area contributed by atoms with Crippen LogP contribution in [0.25, 0.3) is 0 Å². The zero-order valence-electron chi connectivity index (χ0n) is 12.7. The van der Waals surface area contributed by atoms with Crippen LogP contribution in [0.15, 0.2) is 12.1 Å². The second-order valence-electron chi connectivity index (χ2n) is 5.90. The molecule has 0 aromatic heterocycles. The molecule has 3 heteroatoms. The Kier molecular flexibility index (Phi) is 4.61.